The number of esters is 1. The molecule has 0 aliphatic rings. The van der Waals surface area contributed by atoms with E-state index >= 15 is 0 Å². The van der Waals surface area contributed by atoms with Crippen molar-refractivity contribution >= 4 is 29.4 Å². The fraction of sp³-hybridized carbons (Fsp3) is 0.276. The van der Waals surface area contributed by atoms with Gasteiger partial charge in [0.1, 0.15) is 6.04 Å². The number of Topliss-reactive ketones (excluding diaryl/α,β-unsaturated/α-hetero) is 1. The third kappa shape index (κ3) is 7.30. The average Bonchev–Trinajstić information content (AvgIpc) is 2.85. The first kappa shape index (κ1) is 26.2. The van der Waals surface area contributed by atoms with Gasteiger partial charge in [0, 0.05) is 16.7 Å². The van der Waals surface area contributed by atoms with E-state index in [4.69, 9.17) is 4.74 Å². The van der Waals surface area contributed by atoms with Gasteiger partial charge in [-0.1, -0.05) is 77.4 Å². The Labute approximate surface area is 211 Å². The van der Waals surface area contributed by atoms with E-state index in [1.54, 1.807) is 54.2 Å². The van der Waals surface area contributed by atoms with Crippen molar-refractivity contribution in [2.75, 3.05) is 12.0 Å². The molecule has 0 saturated heterocycles. The SMILES string of the molecule is CSCC[C@@H](NC(=O)c1cccc(C)c1)C(=O)O[C@@H](C(=O)c1ccc(C)cc1)c1ccc(C)cc1. The number of carbonyl (C=O) groups is 3. The molecular formula is C29H31NO4S. The summed E-state index contributed by atoms with van der Waals surface area (Å²) in [6, 6.07) is 20.8. The average molecular weight is 490 g/mol. The van der Waals surface area contributed by atoms with E-state index in [0.717, 1.165) is 16.7 Å². The summed E-state index contributed by atoms with van der Waals surface area (Å²) < 4.78 is 5.83. The third-order valence-corrected chi connectivity index (χ3v) is 6.31. The second kappa shape index (κ2) is 12.4. The predicted octanol–water partition coefficient (Wildman–Crippen LogP) is 5.63. The number of carbonyl (C=O) groups excluding carboxylic acids is 3. The Morgan fingerprint density at radius 1 is 0.829 bits per heavy atom. The first-order chi connectivity index (χ1) is 16.8. The van der Waals surface area contributed by atoms with Crippen molar-refractivity contribution in [2.24, 2.45) is 0 Å². The van der Waals surface area contributed by atoms with Gasteiger partial charge < -0.3 is 10.1 Å². The molecule has 182 valence electrons. The standard InChI is InChI=1S/C29H31NO4S/c1-19-8-12-22(13-9-19)26(31)27(23-14-10-20(2)11-15-23)34-29(33)25(16-17-35-4)30-28(32)24-7-5-6-21(3)18-24/h5-15,18,25,27H,16-17H2,1-4H3,(H,30,32)/t25-,27-/m1/s1. The number of ether oxygens (including phenoxy) is 1. The van der Waals surface area contributed by atoms with Crippen molar-refractivity contribution < 1.29 is 19.1 Å². The van der Waals surface area contributed by atoms with Gasteiger partial charge in [-0.05, 0) is 51.3 Å². The molecule has 0 radical (unpaired) electrons. The lowest BCUT2D eigenvalue weighted by Crippen LogP contribution is -2.43. The lowest BCUT2D eigenvalue weighted by molar-refractivity contribution is -0.149. The van der Waals surface area contributed by atoms with E-state index in [0.29, 0.717) is 28.9 Å². The molecule has 0 aromatic heterocycles. The number of benzene rings is 3. The maximum Gasteiger partial charge on any atom is 0.329 e. The van der Waals surface area contributed by atoms with E-state index in [1.165, 1.54) is 0 Å². The number of aryl methyl sites for hydroxylation is 3. The van der Waals surface area contributed by atoms with E-state index in [1.807, 2.05) is 57.4 Å². The molecule has 3 aromatic rings. The highest BCUT2D eigenvalue weighted by Gasteiger charge is 2.30. The van der Waals surface area contributed by atoms with E-state index in [2.05, 4.69) is 5.32 Å². The van der Waals surface area contributed by atoms with Crippen LogP contribution in [0.4, 0.5) is 0 Å². The summed E-state index contributed by atoms with van der Waals surface area (Å²) >= 11 is 1.57. The van der Waals surface area contributed by atoms with Crippen molar-refractivity contribution in [3.63, 3.8) is 0 Å². The van der Waals surface area contributed by atoms with Gasteiger partial charge in [-0.3, -0.25) is 9.59 Å². The van der Waals surface area contributed by atoms with Crippen molar-refractivity contribution in [3.05, 3.63) is 106 Å². The number of thioether (sulfide) groups is 1. The molecular weight excluding hydrogens is 458 g/mol. The molecule has 0 fully saturated rings. The fourth-order valence-electron chi connectivity index (χ4n) is 3.59. The highest BCUT2D eigenvalue weighted by Crippen LogP contribution is 2.25. The molecule has 0 spiro atoms. The Morgan fingerprint density at radius 3 is 2.06 bits per heavy atom. The van der Waals surface area contributed by atoms with Crippen LogP contribution in [0.2, 0.25) is 0 Å². The van der Waals surface area contributed by atoms with Gasteiger partial charge in [-0.15, -0.1) is 0 Å². The van der Waals surface area contributed by atoms with Crippen molar-refractivity contribution in [2.45, 2.75) is 39.3 Å². The normalized spacial score (nSPS) is 12.5. The molecule has 0 bridgehead atoms. The van der Waals surface area contributed by atoms with Crippen LogP contribution in [-0.2, 0) is 9.53 Å². The number of rotatable bonds is 10. The van der Waals surface area contributed by atoms with Gasteiger partial charge >= 0.3 is 5.97 Å². The summed E-state index contributed by atoms with van der Waals surface area (Å²) in [5.74, 6) is -0.648. The summed E-state index contributed by atoms with van der Waals surface area (Å²) in [7, 11) is 0. The maximum atomic E-state index is 13.4. The van der Waals surface area contributed by atoms with Crippen LogP contribution in [-0.4, -0.2) is 35.7 Å². The van der Waals surface area contributed by atoms with Crippen molar-refractivity contribution in [3.8, 4) is 0 Å². The molecule has 0 aliphatic heterocycles. The van der Waals surface area contributed by atoms with Gasteiger partial charge in [0.2, 0.25) is 5.78 Å². The summed E-state index contributed by atoms with van der Waals surface area (Å²) in [5, 5.41) is 2.81. The van der Waals surface area contributed by atoms with E-state index in [9.17, 15) is 14.4 Å². The zero-order valence-electron chi connectivity index (χ0n) is 20.5. The molecule has 1 N–H and O–H groups in total. The predicted molar refractivity (Wildman–Crippen MR) is 141 cm³/mol. The zero-order chi connectivity index (χ0) is 25.4. The summed E-state index contributed by atoms with van der Waals surface area (Å²) in [6.45, 7) is 5.80. The van der Waals surface area contributed by atoms with Crippen LogP contribution < -0.4 is 5.32 Å². The lowest BCUT2D eigenvalue weighted by atomic mass is 9.98. The van der Waals surface area contributed by atoms with Crippen LogP contribution in [0.15, 0.2) is 72.8 Å². The Balaban J connectivity index is 1.86. The molecule has 5 nitrogen and oxygen atoms in total. The number of hydrogen-bond donors (Lipinski definition) is 1. The second-order valence-corrected chi connectivity index (χ2v) is 9.62. The van der Waals surface area contributed by atoms with Gasteiger partial charge in [0.05, 0.1) is 0 Å². The van der Waals surface area contributed by atoms with Crippen molar-refractivity contribution in [1.82, 2.24) is 5.32 Å². The number of hydrogen-bond acceptors (Lipinski definition) is 5. The second-order valence-electron chi connectivity index (χ2n) is 8.63. The molecule has 0 aliphatic carbocycles. The summed E-state index contributed by atoms with van der Waals surface area (Å²) in [6.07, 6.45) is 1.20. The van der Waals surface area contributed by atoms with Gasteiger partial charge in [-0.2, -0.15) is 11.8 Å². The Hall–Kier alpha value is -3.38. The van der Waals surface area contributed by atoms with Gasteiger partial charge in [0.25, 0.3) is 5.91 Å². The highest BCUT2D eigenvalue weighted by molar-refractivity contribution is 7.98. The van der Waals surface area contributed by atoms with Crippen LogP contribution in [0, 0.1) is 20.8 Å². The van der Waals surface area contributed by atoms with E-state index in [-0.39, 0.29) is 11.7 Å². The first-order valence-electron chi connectivity index (χ1n) is 11.5. The zero-order valence-corrected chi connectivity index (χ0v) is 21.4. The van der Waals surface area contributed by atoms with Crippen LogP contribution >= 0.6 is 11.8 Å². The molecule has 0 unspecified atom stereocenters. The lowest BCUT2D eigenvalue weighted by Gasteiger charge is -2.22. The number of nitrogens with one attached hydrogen (secondary N) is 1. The minimum absolute atomic E-state index is 0.309. The topological polar surface area (TPSA) is 72.5 Å². The molecule has 2 atom stereocenters. The maximum absolute atomic E-state index is 13.4. The Morgan fingerprint density at radius 2 is 1.46 bits per heavy atom. The van der Waals surface area contributed by atoms with Crippen LogP contribution in [0.25, 0.3) is 0 Å². The smallest absolute Gasteiger partial charge is 0.329 e. The molecule has 0 heterocycles. The van der Waals surface area contributed by atoms with Gasteiger partial charge in [0.15, 0.2) is 6.10 Å². The molecule has 35 heavy (non-hydrogen) atoms. The fourth-order valence-corrected chi connectivity index (χ4v) is 4.07. The minimum Gasteiger partial charge on any atom is -0.447 e. The van der Waals surface area contributed by atoms with Crippen LogP contribution in [0.5, 0.6) is 0 Å². The van der Waals surface area contributed by atoms with Gasteiger partial charge in [-0.25, -0.2) is 4.79 Å². The quantitative estimate of drug-likeness (QED) is 0.295. The van der Waals surface area contributed by atoms with Crippen LogP contribution in [0.1, 0.15) is 55.5 Å². The Kier molecular flexibility index (Phi) is 9.26. The molecule has 3 aromatic carbocycles. The summed E-state index contributed by atoms with van der Waals surface area (Å²) in [5.41, 5.74) is 4.52. The number of ketones is 1. The molecule has 6 heteroatoms. The largest absolute Gasteiger partial charge is 0.447 e. The third-order valence-electron chi connectivity index (χ3n) is 5.67. The summed E-state index contributed by atoms with van der Waals surface area (Å²) in [4.78, 5) is 39.6. The Bertz CT molecular complexity index is 1170. The molecule has 3 rings (SSSR count). The minimum atomic E-state index is -1.11. The molecule has 0 saturated carbocycles. The number of amides is 1. The molecule has 1 amide bonds. The van der Waals surface area contributed by atoms with E-state index < -0.39 is 18.1 Å². The highest BCUT2D eigenvalue weighted by atomic mass is 32.2. The first-order valence-corrected chi connectivity index (χ1v) is 12.9. The van der Waals surface area contributed by atoms with Crippen LogP contribution in [0.3, 0.4) is 0 Å². The monoisotopic (exact) mass is 489 g/mol. The van der Waals surface area contributed by atoms with Crippen molar-refractivity contribution in [1.29, 1.82) is 0 Å².